The molecule has 0 saturated heterocycles. The summed E-state index contributed by atoms with van der Waals surface area (Å²) in [5.41, 5.74) is 3.90. The second-order valence-corrected chi connectivity index (χ2v) is 4.19. The van der Waals surface area contributed by atoms with E-state index in [2.05, 4.69) is 24.0 Å². The van der Waals surface area contributed by atoms with E-state index in [1.54, 1.807) is 0 Å². The Balaban J connectivity index is 2.23. The summed E-state index contributed by atoms with van der Waals surface area (Å²) in [4.78, 5) is 4.50. The summed E-state index contributed by atoms with van der Waals surface area (Å²) >= 11 is 0. The van der Waals surface area contributed by atoms with Crippen LogP contribution < -0.4 is 4.57 Å². The lowest BCUT2D eigenvalue weighted by molar-refractivity contribution is -0.661. The van der Waals surface area contributed by atoms with E-state index in [1.807, 2.05) is 42.1 Å². The van der Waals surface area contributed by atoms with Crippen LogP contribution in [-0.4, -0.2) is 4.98 Å². The first-order valence-electron chi connectivity index (χ1n) is 5.56. The highest BCUT2D eigenvalue weighted by atomic mass is 16.3. The van der Waals surface area contributed by atoms with Crippen LogP contribution in [0.2, 0.25) is 0 Å². The molecule has 17 heavy (non-hydrogen) atoms. The SMILES string of the molecule is Cc1cc[n+](C)c(-c2nc3ccccc3o2)c1. The number of hydrogen-bond donors (Lipinski definition) is 0. The summed E-state index contributed by atoms with van der Waals surface area (Å²) in [6.45, 7) is 2.06. The Morgan fingerprint density at radius 2 is 2.00 bits per heavy atom. The minimum Gasteiger partial charge on any atom is -0.432 e. The van der Waals surface area contributed by atoms with Crippen molar-refractivity contribution >= 4 is 11.1 Å². The van der Waals surface area contributed by atoms with Gasteiger partial charge in [0, 0.05) is 12.1 Å². The third-order valence-electron chi connectivity index (χ3n) is 2.82. The van der Waals surface area contributed by atoms with Gasteiger partial charge in [-0.25, -0.2) is 4.98 Å². The number of nitrogens with zero attached hydrogens (tertiary/aromatic N) is 2. The summed E-state index contributed by atoms with van der Waals surface area (Å²) in [6.07, 6.45) is 2.01. The molecule has 0 aliphatic carbocycles. The smallest absolute Gasteiger partial charge is 0.294 e. The minimum absolute atomic E-state index is 0.664. The molecular weight excluding hydrogens is 212 g/mol. The number of fused-ring (bicyclic) bond motifs is 1. The van der Waals surface area contributed by atoms with E-state index in [4.69, 9.17) is 4.42 Å². The molecule has 0 aliphatic heterocycles. The molecule has 0 saturated carbocycles. The van der Waals surface area contributed by atoms with E-state index >= 15 is 0 Å². The molecule has 3 aromatic rings. The number of aromatic nitrogens is 2. The van der Waals surface area contributed by atoms with E-state index in [9.17, 15) is 0 Å². The van der Waals surface area contributed by atoms with Gasteiger partial charge in [0.2, 0.25) is 0 Å². The van der Waals surface area contributed by atoms with Gasteiger partial charge >= 0.3 is 0 Å². The number of aryl methyl sites for hydroxylation is 2. The Bertz CT molecular complexity index is 653. The summed E-state index contributed by atoms with van der Waals surface area (Å²) < 4.78 is 7.77. The van der Waals surface area contributed by atoms with Crippen molar-refractivity contribution in [1.82, 2.24) is 4.98 Å². The molecule has 3 rings (SSSR count). The maximum atomic E-state index is 5.76. The van der Waals surface area contributed by atoms with Crippen LogP contribution in [0, 0.1) is 6.92 Å². The lowest BCUT2D eigenvalue weighted by Crippen LogP contribution is -2.30. The van der Waals surface area contributed by atoms with Crippen molar-refractivity contribution in [1.29, 1.82) is 0 Å². The quantitative estimate of drug-likeness (QED) is 0.596. The monoisotopic (exact) mass is 225 g/mol. The van der Waals surface area contributed by atoms with E-state index in [0.29, 0.717) is 5.89 Å². The Hall–Kier alpha value is -2.16. The second kappa shape index (κ2) is 3.70. The van der Waals surface area contributed by atoms with Gasteiger partial charge in [-0.05, 0) is 24.6 Å². The zero-order valence-electron chi connectivity index (χ0n) is 9.84. The Morgan fingerprint density at radius 3 is 2.82 bits per heavy atom. The summed E-state index contributed by atoms with van der Waals surface area (Å²) in [5.74, 6) is 0.664. The predicted molar refractivity (Wildman–Crippen MR) is 65.4 cm³/mol. The first-order chi connectivity index (χ1) is 8.24. The van der Waals surface area contributed by atoms with Gasteiger partial charge in [0.15, 0.2) is 11.8 Å². The number of para-hydroxylation sites is 2. The fourth-order valence-electron chi connectivity index (χ4n) is 1.87. The topological polar surface area (TPSA) is 29.9 Å². The van der Waals surface area contributed by atoms with Crippen LogP contribution in [0.5, 0.6) is 0 Å². The molecule has 84 valence electrons. The van der Waals surface area contributed by atoms with Crippen molar-refractivity contribution < 1.29 is 8.98 Å². The number of benzene rings is 1. The molecule has 0 aliphatic rings. The van der Waals surface area contributed by atoms with Gasteiger partial charge in [0.25, 0.3) is 11.6 Å². The molecule has 0 amide bonds. The summed E-state index contributed by atoms with van der Waals surface area (Å²) in [5, 5.41) is 0. The van der Waals surface area contributed by atoms with Gasteiger partial charge < -0.3 is 4.42 Å². The van der Waals surface area contributed by atoms with Crippen molar-refractivity contribution in [2.24, 2.45) is 7.05 Å². The van der Waals surface area contributed by atoms with Crippen molar-refractivity contribution in [3.63, 3.8) is 0 Å². The second-order valence-electron chi connectivity index (χ2n) is 4.19. The van der Waals surface area contributed by atoms with Gasteiger partial charge in [-0.3, -0.25) is 0 Å². The van der Waals surface area contributed by atoms with E-state index in [1.165, 1.54) is 5.56 Å². The molecule has 1 aromatic carbocycles. The predicted octanol–water partition coefficient (Wildman–Crippen LogP) is 2.63. The highest BCUT2D eigenvalue weighted by molar-refractivity contribution is 5.74. The lowest BCUT2D eigenvalue weighted by Gasteiger charge is -1.95. The zero-order chi connectivity index (χ0) is 11.8. The number of pyridine rings is 1. The molecule has 2 aromatic heterocycles. The maximum Gasteiger partial charge on any atom is 0.294 e. The van der Waals surface area contributed by atoms with Crippen LogP contribution in [-0.2, 0) is 7.05 Å². The summed E-state index contributed by atoms with van der Waals surface area (Å²) in [7, 11) is 1.99. The maximum absolute atomic E-state index is 5.76. The third kappa shape index (κ3) is 1.69. The average Bonchev–Trinajstić information content (AvgIpc) is 2.75. The molecule has 3 heteroatoms. The normalized spacial score (nSPS) is 10.9. The van der Waals surface area contributed by atoms with Crippen LogP contribution in [0.1, 0.15) is 5.56 Å². The van der Waals surface area contributed by atoms with Gasteiger partial charge in [0.05, 0.1) is 0 Å². The number of rotatable bonds is 1. The van der Waals surface area contributed by atoms with Crippen LogP contribution >= 0.6 is 0 Å². The number of oxazole rings is 1. The third-order valence-corrected chi connectivity index (χ3v) is 2.82. The van der Waals surface area contributed by atoms with Gasteiger partial charge in [-0.15, -0.1) is 0 Å². The van der Waals surface area contributed by atoms with Crippen LogP contribution in [0.25, 0.3) is 22.7 Å². The highest BCUT2D eigenvalue weighted by Crippen LogP contribution is 2.21. The van der Waals surface area contributed by atoms with Gasteiger partial charge in [0.1, 0.15) is 12.6 Å². The first-order valence-corrected chi connectivity index (χ1v) is 5.56. The molecule has 0 atom stereocenters. The lowest BCUT2D eigenvalue weighted by atomic mass is 10.2. The summed E-state index contributed by atoms with van der Waals surface area (Å²) in [6, 6.07) is 11.9. The van der Waals surface area contributed by atoms with Crippen molar-refractivity contribution in [3.05, 3.63) is 48.2 Å². The molecule has 2 heterocycles. The standard InChI is InChI=1S/C14H13N2O/c1-10-7-8-16(2)12(9-10)14-15-11-5-3-4-6-13(11)17-14/h3-9H,1-2H3/q+1. The fourth-order valence-corrected chi connectivity index (χ4v) is 1.87. The molecule has 0 spiro atoms. The van der Waals surface area contributed by atoms with Crippen molar-refractivity contribution in [3.8, 4) is 11.6 Å². The first kappa shape index (κ1) is 10.0. The Kier molecular flexibility index (Phi) is 2.18. The molecule has 0 fully saturated rings. The molecule has 0 bridgehead atoms. The Labute approximate surface area is 99.3 Å². The largest absolute Gasteiger partial charge is 0.432 e. The van der Waals surface area contributed by atoms with Gasteiger partial charge in [-0.2, -0.15) is 4.57 Å². The highest BCUT2D eigenvalue weighted by Gasteiger charge is 2.16. The number of hydrogen-bond acceptors (Lipinski definition) is 2. The fraction of sp³-hybridized carbons (Fsp3) is 0.143. The molecule has 0 unspecified atom stereocenters. The van der Waals surface area contributed by atoms with Crippen molar-refractivity contribution in [2.45, 2.75) is 6.92 Å². The average molecular weight is 225 g/mol. The van der Waals surface area contributed by atoms with E-state index < -0.39 is 0 Å². The van der Waals surface area contributed by atoms with E-state index in [0.717, 1.165) is 16.8 Å². The molecule has 0 N–H and O–H groups in total. The molecular formula is C14H13N2O+. The van der Waals surface area contributed by atoms with Crippen LogP contribution in [0.15, 0.2) is 47.0 Å². The van der Waals surface area contributed by atoms with E-state index in [-0.39, 0.29) is 0 Å². The zero-order valence-corrected chi connectivity index (χ0v) is 9.84. The Morgan fingerprint density at radius 1 is 1.18 bits per heavy atom. The van der Waals surface area contributed by atoms with Gasteiger partial charge in [-0.1, -0.05) is 12.1 Å². The molecule has 3 nitrogen and oxygen atoms in total. The van der Waals surface area contributed by atoms with Crippen LogP contribution in [0.3, 0.4) is 0 Å². The van der Waals surface area contributed by atoms with Crippen molar-refractivity contribution in [2.75, 3.05) is 0 Å². The molecule has 0 radical (unpaired) electrons. The minimum atomic E-state index is 0.664. The van der Waals surface area contributed by atoms with Crippen LogP contribution in [0.4, 0.5) is 0 Å².